The Morgan fingerprint density at radius 1 is 1.37 bits per heavy atom. The fourth-order valence-corrected chi connectivity index (χ4v) is 2.58. The lowest BCUT2D eigenvalue weighted by Crippen LogP contribution is -2.28. The third-order valence-corrected chi connectivity index (χ3v) is 3.82. The molecule has 2 rings (SSSR count). The largest absolute Gasteiger partial charge is 0.494 e. The van der Waals surface area contributed by atoms with Crippen LogP contribution in [-0.2, 0) is 7.05 Å². The molecule has 1 aromatic carbocycles. The third kappa shape index (κ3) is 4.36. The third-order valence-electron chi connectivity index (χ3n) is 3.82. The molecule has 0 aliphatic rings. The van der Waals surface area contributed by atoms with E-state index in [2.05, 4.69) is 27.8 Å². The van der Waals surface area contributed by atoms with Gasteiger partial charge in [-0.15, -0.1) is 0 Å². The van der Waals surface area contributed by atoms with E-state index in [1.54, 1.807) is 39.4 Å². The highest BCUT2D eigenvalue weighted by molar-refractivity contribution is 5.81. The molecule has 0 atom stereocenters. The van der Waals surface area contributed by atoms with Gasteiger partial charge in [-0.2, -0.15) is 5.10 Å². The number of allylic oxidation sites excluding steroid dienone is 2. The maximum Gasteiger partial charge on any atom is 0.168 e. The summed E-state index contributed by atoms with van der Waals surface area (Å²) in [5.41, 5.74) is 15.4. The molecule has 2 aromatic rings. The van der Waals surface area contributed by atoms with Crippen LogP contribution in [0.15, 0.2) is 60.6 Å². The zero-order valence-electron chi connectivity index (χ0n) is 15.6. The first-order chi connectivity index (χ1) is 13.1. The van der Waals surface area contributed by atoms with E-state index in [-0.39, 0.29) is 0 Å². The summed E-state index contributed by atoms with van der Waals surface area (Å²) in [7, 11) is 5.05. The minimum atomic E-state index is 0.476. The van der Waals surface area contributed by atoms with Crippen molar-refractivity contribution in [2.45, 2.75) is 0 Å². The summed E-state index contributed by atoms with van der Waals surface area (Å²) in [6.45, 7) is 3.80. The normalized spacial score (nSPS) is 11.8. The Balaban J connectivity index is 2.54. The summed E-state index contributed by atoms with van der Waals surface area (Å²) < 4.78 is 7.15. The van der Waals surface area contributed by atoms with Gasteiger partial charge in [0.2, 0.25) is 0 Å². The molecule has 142 valence electrons. The summed E-state index contributed by atoms with van der Waals surface area (Å²) >= 11 is 0. The smallest absolute Gasteiger partial charge is 0.168 e. The molecule has 0 saturated heterocycles. The van der Waals surface area contributed by atoms with E-state index in [9.17, 15) is 4.79 Å². The van der Waals surface area contributed by atoms with Crippen molar-refractivity contribution in [2.75, 3.05) is 19.5 Å². The van der Waals surface area contributed by atoms with Crippen molar-refractivity contribution in [3.05, 3.63) is 66.3 Å². The average Bonchev–Trinajstić information content (AvgIpc) is 3.06. The quantitative estimate of drug-likeness (QED) is 0.304. The maximum atomic E-state index is 11.1. The number of rotatable bonds is 9. The van der Waals surface area contributed by atoms with Crippen LogP contribution in [0.4, 0.5) is 5.69 Å². The molecule has 8 heteroatoms. The first kappa shape index (κ1) is 19.8. The number of ether oxygens (including phenoxy) is 1. The SMILES string of the molecule is C=C/C(NNC)=C(/C=C\N)Nc1cccc(-c2cc(C=O)n(C)n2)c1OC. The van der Waals surface area contributed by atoms with Gasteiger partial charge in [0.15, 0.2) is 12.0 Å². The summed E-state index contributed by atoms with van der Waals surface area (Å²) in [5.74, 6) is 0.587. The van der Waals surface area contributed by atoms with E-state index in [0.29, 0.717) is 34.2 Å². The minimum Gasteiger partial charge on any atom is -0.494 e. The molecular weight excluding hydrogens is 344 g/mol. The number of hydrogen-bond acceptors (Lipinski definition) is 7. The molecule has 1 aromatic heterocycles. The molecule has 27 heavy (non-hydrogen) atoms. The van der Waals surface area contributed by atoms with Crippen LogP contribution in [-0.4, -0.2) is 30.2 Å². The Morgan fingerprint density at radius 2 is 2.15 bits per heavy atom. The number of hydrogen-bond donors (Lipinski definition) is 4. The van der Waals surface area contributed by atoms with Gasteiger partial charge in [-0.25, -0.2) is 5.43 Å². The number of aromatic nitrogens is 2. The Bertz CT molecular complexity index is 882. The van der Waals surface area contributed by atoms with Crippen molar-refractivity contribution in [3.63, 3.8) is 0 Å². The molecule has 0 saturated carbocycles. The van der Waals surface area contributed by atoms with E-state index in [0.717, 1.165) is 11.8 Å². The molecule has 0 spiro atoms. The van der Waals surface area contributed by atoms with Crippen molar-refractivity contribution in [1.29, 1.82) is 0 Å². The molecule has 1 heterocycles. The Morgan fingerprint density at radius 3 is 2.70 bits per heavy atom. The highest BCUT2D eigenvalue weighted by Gasteiger charge is 2.16. The number of anilines is 1. The molecule has 0 aliphatic heterocycles. The Labute approximate surface area is 158 Å². The van der Waals surface area contributed by atoms with E-state index in [4.69, 9.17) is 10.5 Å². The van der Waals surface area contributed by atoms with Gasteiger partial charge in [0.1, 0.15) is 5.69 Å². The molecule has 0 radical (unpaired) electrons. The lowest BCUT2D eigenvalue weighted by Gasteiger charge is -2.17. The van der Waals surface area contributed by atoms with Gasteiger partial charge in [-0.3, -0.25) is 9.48 Å². The topological polar surface area (TPSA) is 106 Å². The lowest BCUT2D eigenvalue weighted by atomic mass is 10.1. The number of methoxy groups -OCH3 is 1. The summed E-state index contributed by atoms with van der Waals surface area (Å²) in [4.78, 5) is 11.1. The van der Waals surface area contributed by atoms with E-state index < -0.39 is 0 Å². The van der Waals surface area contributed by atoms with Crippen LogP contribution in [0.2, 0.25) is 0 Å². The van der Waals surface area contributed by atoms with Gasteiger partial charge >= 0.3 is 0 Å². The number of aryl methyl sites for hydroxylation is 1. The van der Waals surface area contributed by atoms with Crippen LogP contribution >= 0.6 is 0 Å². The number of hydrazine groups is 1. The highest BCUT2D eigenvalue weighted by atomic mass is 16.5. The molecule has 5 N–H and O–H groups in total. The van der Waals surface area contributed by atoms with Crippen molar-refractivity contribution in [2.24, 2.45) is 12.8 Å². The number of aldehydes is 1. The van der Waals surface area contributed by atoms with E-state index >= 15 is 0 Å². The number of nitrogens with two attached hydrogens (primary N) is 1. The van der Waals surface area contributed by atoms with Gasteiger partial charge < -0.3 is 21.2 Å². The molecule has 0 amide bonds. The van der Waals surface area contributed by atoms with E-state index in [1.165, 1.54) is 10.9 Å². The van der Waals surface area contributed by atoms with Gasteiger partial charge in [-0.05, 0) is 36.6 Å². The van der Waals surface area contributed by atoms with Crippen molar-refractivity contribution < 1.29 is 9.53 Å². The summed E-state index contributed by atoms with van der Waals surface area (Å²) in [6.07, 6.45) is 5.55. The Hall–Kier alpha value is -3.52. The van der Waals surface area contributed by atoms with Crippen molar-refractivity contribution in [1.82, 2.24) is 20.6 Å². The van der Waals surface area contributed by atoms with Crippen LogP contribution in [0.25, 0.3) is 11.3 Å². The predicted molar refractivity (Wildman–Crippen MR) is 107 cm³/mol. The van der Waals surface area contributed by atoms with Crippen LogP contribution in [0.5, 0.6) is 5.75 Å². The molecular formula is C19H24N6O2. The fraction of sp³-hybridized carbons (Fsp3) is 0.158. The summed E-state index contributed by atoms with van der Waals surface area (Å²) in [6, 6.07) is 7.33. The number of carbonyl (C=O) groups excluding carboxylic acids is 1. The molecule has 8 nitrogen and oxygen atoms in total. The monoisotopic (exact) mass is 368 g/mol. The van der Waals surface area contributed by atoms with E-state index in [1.807, 2.05) is 18.2 Å². The van der Waals surface area contributed by atoms with Gasteiger partial charge in [0.25, 0.3) is 0 Å². The second-order valence-corrected chi connectivity index (χ2v) is 5.47. The first-order valence-electron chi connectivity index (χ1n) is 8.20. The molecule has 0 fully saturated rings. The first-order valence-corrected chi connectivity index (χ1v) is 8.20. The van der Waals surface area contributed by atoms with Crippen LogP contribution in [0, 0.1) is 0 Å². The average molecular weight is 368 g/mol. The Kier molecular flexibility index (Phi) is 6.79. The molecule has 0 bridgehead atoms. The number of carbonyl (C=O) groups is 1. The standard InChI is InChI=1S/C19H24N6O2/c1-5-15(23-21-2)16(9-10-20)22-17-8-6-7-14(19(17)27-4)18-11-13(12-26)25(3)24-18/h5-12,21-23H,1,20H2,2-4H3/b10-9-,16-15+. The molecule has 0 aliphatic carbocycles. The van der Waals surface area contributed by atoms with Gasteiger partial charge in [-0.1, -0.05) is 12.6 Å². The van der Waals surface area contributed by atoms with Crippen molar-refractivity contribution >= 4 is 12.0 Å². The zero-order valence-corrected chi connectivity index (χ0v) is 15.6. The maximum absolute atomic E-state index is 11.1. The van der Waals surface area contributed by atoms with Crippen LogP contribution < -0.4 is 26.6 Å². The van der Waals surface area contributed by atoms with Gasteiger partial charge in [0, 0.05) is 19.7 Å². The number of nitrogens with zero attached hydrogens (tertiary/aromatic N) is 2. The second kappa shape index (κ2) is 9.25. The molecule has 0 unspecified atom stereocenters. The number of benzene rings is 1. The summed E-state index contributed by atoms with van der Waals surface area (Å²) in [5, 5.41) is 7.68. The van der Waals surface area contributed by atoms with Gasteiger partial charge in [0.05, 0.1) is 29.9 Å². The predicted octanol–water partition coefficient (Wildman–Crippen LogP) is 1.91. The number of nitrogens with one attached hydrogen (secondary N) is 3. The lowest BCUT2D eigenvalue weighted by molar-refractivity contribution is 0.111. The zero-order chi connectivity index (χ0) is 19.8. The minimum absolute atomic E-state index is 0.476. The number of para-hydroxylation sites is 1. The van der Waals surface area contributed by atoms with Crippen LogP contribution in [0.3, 0.4) is 0 Å². The highest BCUT2D eigenvalue weighted by Crippen LogP contribution is 2.36. The van der Waals surface area contributed by atoms with Crippen molar-refractivity contribution in [3.8, 4) is 17.0 Å². The fourth-order valence-electron chi connectivity index (χ4n) is 2.58. The van der Waals surface area contributed by atoms with Crippen LogP contribution in [0.1, 0.15) is 10.5 Å². The second-order valence-electron chi connectivity index (χ2n) is 5.47.